The van der Waals surface area contributed by atoms with Crippen LogP contribution in [-0.4, -0.2) is 22.3 Å². The number of carbonyl (C=O) groups excluding carboxylic acids is 1. The summed E-state index contributed by atoms with van der Waals surface area (Å²) in [6, 6.07) is 5.98. The fourth-order valence-electron chi connectivity index (χ4n) is 2.13. The predicted molar refractivity (Wildman–Crippen MR) is 87.5 cm³/mol. The molecule has 5 nitrogen and oxygen atoms in total. The molecule has 1 aromatic heterocycles. The van der Waals surface area contributed by atoms with E-state index in [1.807, 2.05) is 23.8 Å². The van der Waals surface area contributed by atoms with Gasteiger partial charge in [0, 0.05) is 24.2 Å². The molecule has 1 amide bonds. The smallest absolute Gasteiger partial charge is 0.282 e. The Morgan fingerprint density at radius 3 is 2.77 bits per heavy atom. The number of thiophene rings is 1. The van der Waals surface area contributed by atoms with Crippen molar-refractivity contribution < 1.29 is 9.72 Å². The van der Waals surface area contributed by atoms with Gasteiger partial charge in [-0.2, -0.15) is 11.3 Å². The fraction of sp³-hybridized carbons (Fsp3) is 0.267. The van der Waals surface area contributed by atoms with E-state index >= 15 is 0 Å². The van der Waals surface area contributed by atoms with E-state index in [-0.39, 0.29) is 17.2 Å². The summed E-state index contributed by atoms with van der Waals surface area (Å²) in [6.45, 7) is 2.92. The van der Waals surface area contributed by atoms with Gasteiger partial charge in [-0.25, -0.2) is 0 Å². The molecule has 7 heteroatoms. The molecule has 2 aromatic rings. The van der Waals surface area contributed by atoms with Crippen molar-refractivity contribution in [3.63, 3.8) is 0 Å². The number of hydrogen-bond donors (Lipinski definition) is 0. The standard InChI is InChI=1S/C15H15ClN2O3S/c1-2-6-17(9-11-5-7-22-10-11)15(19)13-8-12(16)3-4-14(13)18(20)21/h3-5,7-8,10H,2,6,9H2,1H3. The molecule has 0 aliphatic carbocycles. The van der Waals surface area contributed by atoms with E-state index in [1.54, 1.807) is 16.2 Å². The number of nitrogens with zero attached hydrogens (tertiary/aromatic N) is 2. The van der Waals surface area contributed by atoms with Crippen LogP contribution in [0.2, 0.25) is 5.02 Å². The Kier molecular flexibility index (Phi) is 5.51. The highest BCUT2D eigenvalue weighted by Crippen LogP contribution is 2.25. The number of halogens is 1. The Morgan fingerprint density at radius 2 is 2.18 bits per heavy atom. The molecule has 0 saturated heterocycles. The van der Waals surface area contributed by atoms with Gasteiger partial charge in [0.05, 0.1) is 4.92 Å². The highest BCUT2D eigenvalue weighted by molar-refractivity contribution is 7.07. The molecule has 116 valence electrons. The summed E-state index contributed by atoms with van der Waals surface area (Å²) in [6.07, 6.45) is 0.768. The number of benzene rings is 1. The molecule has 0 fully saturated rings. The van der Waals surface area contributed by atoms with Crippen LogP contribution in [0.3, 0.4) is 0 Å². The zero-order valence-corrected chi connectivity index (χ0v) is 13.6. The molecule has 1 aromatic carbocycles. The third-order valence-corrected chi connectivity index (χ3v) is 4.09. The third-order valence-electron chi connectivity index (χ3n) is 3.12. The first-order valence-electron chi connectivity index (χ1n) is 6.77. The summed E-state index contributed by atoms with van der Waals surface area (Å²) >= 11 is 7.45. The van der Waals surface area contributed by atoms with Crippen LogP contribution in [0.15, 0.2) is 35.0 Å². The van der Waals surface area contributed by atoms with Crippen molar-refractivity contribution in [2.45, 2.75) is 19.9 Å². The Hall–Kier alpha value is -1.92. The SMILES string of the molecule is CCCN(Cc1ccsc1)C(=O)c1cc(Cl)ccc1[N+](=O)[O-]. The van der Waals surface area contributed by atoms with Gasteiger partial charge in [0.2, 0.25) is 0 Å². The number of carbonyl (C=O) groups is 1. The number of amides is 1. The van der Waals surface area contributed by atoms with Crippen LogP contribution >= 0.6 is 22.9 Å². The van der Waals surface area contributed by atoms with E-state index in [0.717, 1.165) is 12.0 Å². The number of nitro groups is 1. The van der Waals surface area contributed by atoms with Gasteiger partial charge >= 0.3 is 0 Å². The second-order valence-corrected chi connectivity index (χ2v) is 5.99. The van der Waals surface area contributed by atoms with Gasteiger partial charge in [0.1, 0.15) is 5.56 Å². The largest absolute Gasteiger partial charge is 0.334 e. The summed E-state index contributed by atoms with van der Waals surface area (Å²) in [7, 11) is 0. The quantitative estimate of drug-likeness (QED) is 0.580. The Labute approximate surface area is 137 Å². The molecule has 0 unspecified atom stereocenters. The maximum atomic E-state index is 12.7. The van der Waals surface area contributed by atoms with Gasteiger partial charge in [0.15, 0.2) is 0 Å². The Morgan fingerprint density at radius 1 is 1.41 bits per heavy atom. The van der Waals surface area contributed by atoms with Crippen molar-refractivity contribution >= 4 is 34.5 Å². The summed E-state index contributed by atoms with van der Waals surface area (Å²) < 4.78 is 0. The molecule has 0 bridgehead atoms. The van der Waals surface area contributed by atoms with Crippen molar-refractivity contribution in [3.8, 4) is 0 Å². The van der Waals surface area contributed by atoms with Crippen molar-refractivity contribution in [1.82, 2.24) is 4.90 Å². The average Bonchev–Trinajstić information content (AvgIpc) is 2.98. The molecule has 0 spiro atoms. The maximum absolute atomic E-state index is 12.7. The van der Waals surface area contributed by atoms with Crippen molar-refractivity contribution in [2.24, 2.45) is 0 Å². The minimum Gasteiger partial charge on any atom is -0.334 e. The lowest BCUT2D eigenvalue weighted by Gasteiger charge is -2.21. The molecule has 22 heavy (non-hydrogen) atoms. The highest BCUT2D eigenvalue weighted by atomic mass is 35.5. The van der Waals surface area contributed by atoms with E-state index < -0.39 is 4.92 Å². The van der Waals surface area contributed by atoms with Crippen LogP contribution in [-0.2, 0) is 6.54 Å². The van der Waals surface area contributed by atoms with Crippen molar-refractivity contribution in [3.05, 3.63) is 61.3 Å². The lowest BCUT2D eigenvalue weighted by atomic mass is 10.1. The van der Waals surface area contributed by atoms with Gasteiger partial charge in [0.25, 0.3) is 11.6 Å². The third kappa shape index (κ3) is 3.84. The van der Waals surface area contributed by atoms with Gasteiger partial charge in [-0.3, -0.25) is 14.9 Å². The number of nitro benzene ring substituents is 1. The van der Waals surface area contributed by atoms with Crippen LogP contribution in [0, 0.1) is 10.1 Å². The molecule has 1 heterocycles. The normalized spacial score (nSPS) is 10.5. The molecule has 0 saturated carbocycles. The summed E-state index contributed by atoms with van der Waals surface area (Å²) in [4.78, 5) is 24.9. The second-order valence-electron chi connectivity index (χ2n) is 4.78. The van der Waals surface area contributed by atoms with Gasteiger partial charge in [-0.15, -0.1) is 0 Å². The van der Waals surface area contributed by atoms with Crippen LogP contribution in [0.4, 0.5) is 5.69 Å². The fourth-order valence-corrected chi connectivity index (χ4v) is 2.97. The molecule has 0 radical (unpaired) electrons. The van der Waals surface area contributed by atoms with Gasteiger partial charge < -0.3 is 4.90 Å². The summed E-state index contributed by atoms with van der Waals surface area (Å²) in [5.41, 5.74) is 0.818. The Balaban J connectivity index is 2.34. The number of hydrogen-bond acceptors (Lipinski definition) is 4. The molecule has 0 atom stereocenters. The lowest BCUT2D eigenvalue weighted by molar-refractivity contribution is -0.385. The van der Waals surface area contributed by atoms with Gasteiger partial charge in [-0.05, 0) is 40.9 Å². The average molecular weight is 339 g/mol. The molecular formula is C15H15ClN2O3S. The second kappa shape index (κ2) is 7.38. The predicted octanol–water partition coefficient (Wildman–Crippen LogP) is 4.36. The number of rotatable bonds is 6. The van der Waals surface area contributed by atoms with Crippen molar-refractivity contribution in [1.29, 1.82) is 0 Å². The van der Waals surface area contributed by atoms with Gasteiger partial charge in [-0.1, -0.05) is 18.5 Å². The van der Waals surface area contributed by atoms with Crippen LogP contribution in [0.1, 0.15) is 29.3 Å². The summed E-state index contributed by atoms with van der Waals surface area (Å²) in [5, 5.41) is 15.3. The molecular weight excluding hydrogens is 324 g/mol. The minimum absolute atomic E-state index is 0.0289. The van der Waals surface area contributed by atoms with E-state index in [1.165, 1.54) is 18.2 Å². The van der Waals surface area contributed by atoms with E-state index in [9.17, 15) is 14.9 Å². The van der Waals surface area contributed by atoms with Crippen LogP contribution < -0.4 is 0 Å². The Bertz CT molecular complexity index is 673. The monoisotopic (exact) mass is 338 g/mol. The molecule has 0 aliphatic rings. The topological polar surface area (TPSA) is 63.5 Å². The van der Waals surface area contributed by atoms with E-state index in [2.05, 4.69) is 0 Å². The maximum Gasteiger partial charge on any atom is 0.282 e. The first-order valence-corrected chi connectivity index (χ1v) is 8.09. The first-order chi connectivity index (χ1) is 10.5. The molecule has 0 aliphatic heterocycles. The zero-order valence-electron chi connectivity index (χ0n) is 12.0. The zero-order chi connectivity index (χ0) is 16.1. The summed E-state index contributed by atoms with van der Waals surface area (Å²) in [5.74, 6) is -0.373. The molecule has 0 N–H and O–H groups in total. The highest BCUT2D eigenvalue weighted by Gasteiger charge is 2.25. The van der Waals surface area contributed by atoms with Crippen LogP contribution in [0.5, 0.6) is 0 Å². The minimum atomic E-state index is -0.557. The first kappa shape index (κ1) is 16.5. The lowest BCUT2D eigenvalue weighted by Crippen LogP contribution is -2.31. The van der Waals surface area contributed by atoms with E-state index in [4.69, 9.17) is 11.6 Å². The van der Waals surface area contributed by atoms with Crippen molar-refractivity contribution in [2.75, 3.05) is 6.54 Å². The molecule has 2 rings (SSSR count). The van der Waals surface area contributed by atoms with Crippen LogP contribution in [0.25, 0.3) is 0 Å². The van der Waals surface area contributed by atoms with E-state index in [0.29, 0.717) is 18.1 Å².